The van der Waals surface area contributed by atoms with Gasteiger partial charge in [0.05, 0.1) is 16.5 Å². The van der Waals surface area contributed by atoms with Crippen LogP contribution in [0.25, 0.3) is 6.08 Å². The molecular formula is C24H23BrClN3O5S2. The fourth-order valence-corrected chi connectivity index (χ4v) is 5.22. The molecular weight excluding hydrogens is 590 g/mol. The number of benzene rings is 2. The van der Waals surface area contributed by atoms with E-state index < -0.39 is 11.8 Å². The van der Waals surface area contributed by atoms with E-state index in [4.69, 9.17) is 33.3 Å². The normalized spacial score (nSPS) is 14.2. The van der Waals surface area contributed by atoms with E-state index in [1.165, 1.54) is 13.2 Å². The van der Waals surface area contributed by atoms with Crippen molar-refractivity contribution in [3.63, 3.8) is 0 Å². The Hall–Kier alpha value is -2.60. The maximum Gasteiger partial charge on any atom is 0.285 e. The second-order valence-corrected chi connectivity index (χ2v) is 10.3. The number of nitrogens with zero attached hydrogens (tertiary/aromatic N) is 2. The number of hydrazine groups is 1. The molecule has 0 aromatic heterocycles. The van der Waals surface area contributed by atoms with Crippen molar-refractivity contribution in [2.45, 2.75) is 13.8 Å². The van der Waals surface area contributed by atoms with Gasteiger partial charge in [0.1, 0.15) is 0 Å². The van der Waals surface area contributed by atoms with E-state index in [-0.39, 0.29) is 16.8 Å². The Morgan fingerprint density at radius 1 is 1.25 bits per heavy atom. The molecule has 3 amide bonds. The highest BCUT2D eigenvalue weighted by Crippen LogP contribution is 2.39. The molecule has 1 N–H and O–H groups in total. The number of nitrogens with one attached hydrogen (secondary N) is 1. The lowest BCUT2D eigenvalue weighted by Gasteiger charge is -2.20. The van der Waals surface area contributed by atoms with Gasteiger partial charge in [-0.05, 0) is 84.0 Å². The number of likely N-dealkylation sites (N-methyl/N-ethyl adjacent to an activating group) is 1. The SMILES string of the molecule is CCN(CC)C(=O)COc1c(Br)cc(/C=C2/SC(=S)N(NC(=O)c3cccc(Cl)c3)C2=O)cc1OC. The molecule has 1 aliphatic heterocycles. The predicted molar refractivity (Wildman–Crippen MR) is 148 cm³/mol. The van der Waals surface area contributed by atoms with E-state index in [9.17, 15) is 14.4 Å². The molecule has 1 aliphatic rings. The zero-order chi connectivity index (χ0) is 26.4. The quantitative estimate of drug-likeness (QED) is 0.318. The van der Waals surface area contributed by atoms with Gasteiger partial charge >= 0.3 is 0 Å². The fraction of sp³-hybridized carbons (Fsp3) is 0.250. The average Bonchev–Trinajstić information content (AvgIpc) is 3.10. The number of carbonyl (C=O) groups excluding carboxylic acids is 3. The second-order valence-electron chi connectivity index (χ2n) is 7.36. The van der Waals surface area contributed by atoms with Gasteiger partial charge in [0.15, 0.2) is 22.4 Å². The van der Waals surface area contributed by atoms with E-state index in [1.807, 2.05) is 13.8 Å². The molecule has 0 bridgehead atoms. The third-order valence-electron chi connectivity index (χ3n) is 5.10. The first-order valence-electron chi connectivity index (χ1n) is 10.8. The van der Waals surface area contributed by atoms with Gasteiger partial charge in [-0.3, -0.25) is 19.8 Å². The topological polar surface area (TPSA) is 88.2 Å². The van der Waals surface area contributed by atoms with Crippen LogP contribution in [-0.2, 0) is 9.59 Å². The van der Waals surface area contributed by atoms with E-state index in [0.29, 0.717) is 50.1 Å². The van der Waals surface area contributed by atoms with Crippen molar-refractivity contribution in [1.82, 2.24) is 15.3 Å². The first-order valence-corrected chi connectivity index (χ1v) is 13.2. The molecule has 1 saturated heterocycles. The maximum absolute atomic E-state index is 13.0. The highest BCUT2D eigenvalue weighted by atomic mass is 79.9. The number of amides is 3. The van der Waals surface area contributed by atoms with Crippen LogP contribution in [-0.4, -0.2) is 58.8 Å². The Morgan fingerprint density at radius 3 is 2.61 bits per heavy atom. The maximum atomic E-state index is 13.0. The molecule has 0 aliphatic carbocycles. The van der Waals surface area contributed by atoms with Gasteiger partial charge in [0.2, 0.25) is 0 Å². The van der Waals surface area contributed by atoms with Gasteiger partial charge in [0, 0.05) is 23.7 Å². The molecule has 3 rings (SSSR count). The van der Waals surface area contributed by atoms with E-state index in [1.54, 1.807) is 41.3 Å². The number of rotatable bonds is 9. The lowest BCUT2D eigenvalue weighted by atomic mass is 10.2. The number of ether oxygens (including phenoxy) is 2. The lowest BCUT2D eigenvalue weighted by Crippen LogP contribution is -2.44. The standard InChI is InChI=1S/C24H23BrClN3O5S2/c1-4-28(5-2)20(30)13-34-21-17(25)9-14(10-18(21)33-3)11-19-23(32)29(24(35)36-19)27-22(31)15-7-6-8-16(26)12-15/h6-12H,4-5,13H2,1-3H3,(H,27,31)/b19-11+. The molecule has 12 heteroatoms. The molecule has 0 atom stereocenters. The Bertz CT molecular complexity index is 1240. The fourth-order valence-electron chi connectivity index (χ4n) is 3.28. The zero-order valence-electron chi connectivity index (χ0n) is 19.7. The van der Waals surface area contributed by atoms with Crippen molar-refractivity contribution in [2.24, 2.45) is 0 Å². The zero-order valence-corrected chi connectivity index (χ0v) is 23.6. The highest BCUT2D eigenvalue weighted by Gasteiger charge is 2.34. The average molecular weight is 613 g/mol. The van der Waals surface area contributed by atoms with Crippen molar-refractivity contribution in [3.05, 3.63) is 61.9 Å². The van der Waals surface area contributed by atoms with Crippen LogP contribution in [0.4, 0.5) is 0 Å². The minimum absolute atomic E-state index is 0.137. The Labute approximate surface area is 232 Å². The number of hydrogen-bond acceptors (Lipinski definition) is 7. The summed E-state index contributed by atoms with van der Waals surface area (Å²) in [6.45, 7) is 4.85. The van der Waals surface area contributed by atoms with E-state index >= 15 is 0 Å². The molecule has 1 heterocycles. The van der Waals surface area contributed by atoms with Crippen molar-refractivity contribution in [2.75, 3.05) is 26.8 Å². The second kappa shape index (κ2) is 12.6. The van der Waals surface area contributed by atoms with Crippen molar-refractivity contribution < 1.29 is 23.9 Å². The molecule has 0 spiro atoms. The van der Waals surface area contributed by atoms with Crippen LogP contribution in [0.2, 0.25) is 5.02 Å². The number of methoxy groups -OCH3 is 1. The van der Waals surface area contributed by atoms with Crippen molar-refractivity contribution in [3.8, 4) is 11.5 Å². The third kappa shape index (κ3) is 6.58. The van der Waals surface area contributed by atoms with Gasteiger partial charge < -0.3 is 14.4 Å². The summed E-state index contributed by atoms with van der Waals surface area (Å²) in [6, 6.07) is 9.77. The number of thiocarbonyl (C=S) groups is 1. The summed E-state index contributed by atoms with van der Waals surface area (Å²) in [5.74, 6) is -0.369. The monoisotopic (exact) mass is 611 g/mol. The van der Waals surface area contributed by atoms with Crippen LogP contribution < -0.4 is 14.9 Å². The smallest absolute Gasteiger partial charge is 0.285 e. The van der Waals surface area contributed by atoms with Gasteiger partial charge in [0.25, 0.3) is 17.7 Å². The first-order chi connectivity index (χ1) is 17.2. The minimum atomic E-state index is -0.514. The van der Waals surface area contributed by atoms with Crippen LogP contribution in [0.5, 0.6) is 11.5 Å². The first kappa shape index (κ1) is 28.0. The highest BCUT2D eigenvalue weighted by molar-refractivity contribution is 9.10. The summed E-state index contributed by atoms with van der Waals surface area (Å²) < 4.78 is 11.9. The molecule has 2 aromatic rings. The van der Waals surface area contributed by atoms with Gasteiger partial charge in [-0.1, -0.05) is 29.4 Å². The van der Waals surface area contributed by atoms with Crippen LogP contribution in [0, 0.1) is 0 Å². The van der Waals surface area contributed by atoms with Crippen molar-refractivity contribution >= 4 is 79.6 Å². The molecule has 1 fully saturated rings. The predicted octanol–water partition coefficient (Wildman–Crippen LogP) is 4.90. The van der Waals surface area contributed by atoms with Crippen LogP contribution in [0.3, 0.4) is 0 Å². The summed E-state index contributed by atoms with van der Waals surface area (Å²) >= 11 is 15.8. The molecule has 2 aromatic carbocycles. The molecule has 190 valence electrons. The summed E-state index contributed by atoms with van der Waals surface area (Å²) in [7, 11) is 1.48. The Morgan fingerprint density at radius 2 is 1.97 bits per heavy atom. The van der Waals surface area contributed by atoms with Gasteiger partial charge in [-0.15, -0.1) is 0 Å². The Kier molecular flexibility index (Phi) is 9.77. The summed E-state index contributed by atoms with van der Waals surface area (Å²) in [5, 5.41) is 1.43. The largest absolute Gasteiger partial charge is 0.493 e. The van der Waals surface area contributed by atoms with Gasteiger partial charge in [-0.2, -0.15) is 5.01 Å². The third-order valence-corrected chi connectivity index (χ3v) is 7.23. The number of hydrogen-bond donors (Lipinski definition) is 1. The van der Waals surface area contributed by atoms with Crippen molar-refractivity contribution in [1.29, 1.82) is 0 Å². The summed E-state index contributed by atoms with van der Waals surface area (Å²) in [5.41, 5.74) is 3.44. The molecule has 8 nitrogen and oxygen atoms in total. The van der Waals surface area contributed by atoms with E-state index in [0.717, 1.165) is 16.8 Å². The Balaban J connectivity index is 1.77. The van der Waals surface area contributed by atoms with Gasteiger partial charge in [-0.25, -0.2) is 0 Å². The molecule has 0 unspecified atom stereocenters. The summed E-state index contributed by atoms with van der Waals surface area (Å²) in [4.78, 5) is 39.8. The van der Waals surface area contributed by atoms with Crippen LogP contribution in [0.1, 0.15) is 29.8 Å². The summed E-state index contributed by atoms with van der Waals surface area (Å²) in [6.07, 6.45) is 1.63. The molecule has 36 heavy (non-hydrogen) atoms. The number of halogens is 2. The lowest BCUT2D eigenvalue weighted by molar-refractivity contribution is -0.133. The van der Waals surface area contributed by atoms with Crippen LogP contribution >= 0.6 is 51.5 Å². The van der Waals surface area contributed by atoms with Crippen LogP contribution in [0.15, 0.2) is 45.8 Å². The molecule has 0 saturated carbocycles. The number of thioether (sulfide) groups is 1. The van der Waals surface area contributed by atoms with E-state index in [2.05, 4.69) is 21.4 Å². The number of carbonyl (C=O) groups is 3. The minimum Gasteiger partial charge on any atom is -0.493 e. The molecule has 0 radical (unpaired) electrons.